The molecule has 0 amide bonds. The van der Waals surface area contributed by atoms with E-state index in [1.807, 2.05) is 31.2 Å². The number of hydrogen-bond acceptors (Lipinski definition) is 5. The predicted octanol–water partition coefficient (Wildman–Crippen LogP) is 4.27. The highest BCUT2D eigenvalue weighted by Crippen LogP contribution is 2.32. The molecular formula is C18H16ClN5. The van der Waals surface area contributed by atoms with E-state index >= 15 is 0 Å². The van der Waals surface area contributed by atoms with Crippen LogP contribution in [0, 0.1) is 6.92 Å². The first-order valence-corrected chi connectivity index (χ1v) is 8.17. The maximum Gasteiger partial charge on any atom is 0.251 e. The Morgan fingerprint density at radius 2 is 2.04 bits per heavy atom. The molecule has 2 heterocycles. The average molecular weight is 338 g/mol. The third-order valence-corrected chi connectivity index (χ3v) is 4.36. The van der Waals surface area contributed by atoms with Crippen LogP contribution in [0.1, 0.15) is 11.1 Å². The number of nitrogens with zero attached hydrogens (tertiary/aromatic N) is 4. The molecule has 4 rings (SSSR count). The lowest BCUT2D eigenvalue weighted by Crippen LogP contribution is -2.17. The maximum atomic E-state index is 6.01. The number of halogens is 1. The van der Waals surface area contributed by atoms with Crippen molar-refractivity contribution in [1.82, 2.24) is 15.2 Å². The van der Waals surface area contributed by atoms with Crippen molar-refractivity contribution in [2.24, 2.45) is 0 Å². The fraction of sp³-hybridized carbons (Fsp3) is 0.167. The molecule has 0 radical (unpaired) electrons. The van der Waals surface area contributed by atoms with Crippen LogP contribution in [-0.2, 0) is 6.42 Å². The summed E-state index contributed by atoms with van der Waals surface area (Å²) in [5.74, 6) is 1.27. The third kappa shape index (κ3) is 2.78. The molecule has 0 atom stereocenters. The Labute approximate surface area is 145 Å². The molecule has 2 aromatic carbocycles. The molecule has 0 fully saturated rings. The molecule has 1 aromatic heterocycles. The summed E-state index contributed by atoms with van der Waals surface area (Å²) in [5, 5.41) is 12.3. The predicted molar refractivity (Wildman–Crippen MR) is 96.5 cm³/mol. The lowest BCUT2D eigenvalue weighted by molar-refractivity contribution is 0.887. The van der Waals surface area contributed by atoms with E-state index < -0.39 is 0 Å². The summed E-state index contributed by atoms with van der Waals surface area (Å²) in [6.07, 6.45) is 2.62. The van der Waals surface area contributed by atoms with Gasteiger partial charge in [0, 0.05) is 22.9 Å². The van der Waals surface area contributed by atoms with Crippen LogP contribution in [0.3, 0.4) is 0 Å². The van der Waals surface area contributed by atoms with Gasteiger partial charge < -0.3 is 10.2 Å². The topological polar surface area (TPSA) is 53.9 Å². The number of fused-ring (bicyclic) bond motifs is 1. The van der Waals surface area contributed by atoms with Crippen molar-refractivity contribution in [2.45, 2.75) is 13.3 Å². The number of aryl methyl sites for hydroxylation is 1. The third-order valence-electron chi connectivity index (χ3n) is 4.13. The summed E-state index contributed by atoms with van der Waals surface area (Å²) < 4.78 is 0. The van der Waals surface area contributed by atoms with Crippen molar-refractivity contribution in [3.8, 4) is 0 Å². The zero-order chi connectivity index (χ0) is 16.5. The van der Waals surface area contributed by atoms with Crippen molar-refractivity contribution >= 4 is 34.7 Å². The minimum Gasteiger partial charge on any atom is -0.339 e. The quantitative estimate of drug-likeness (QED) is 0.773. The maximum absolute atomic E-state index is 6.01. The summed E-state index contributed by atoms with van der Waals surface area (Å²) >= 11 is 6.01. The SMILES string of the molecule is Cc1cc(Cl)ccc1Nc1cnnc(N2CCc3ccccc32)n1. The Morgan fingerprint density at radius 3 is 2.92 bits per heavy atom. The van der Waals surface area contributed by atoms with Crippen molar-refractivity contribution in [2.75, 3.05) is 16.8 Å². The van der Waals surface area contributed by atoms with Gasteiger partial charge in [0.15, 0.2) is 5.82 Å². The monoisotopic (exact) mass is 337 g/mol. The van der Waals surface area contributed by atoms with E-state index in [9.17, 15) is 0 Å². The number of benzene rings is 2. The van der Waals surface area contributed by atoms with Gasteiger partial charge in [0.1, 0.15) is 0 Å². The Morgan fingerprint density at radius 1 is 1.17 bits per heavy atom. The molecule has 0 unspecified atom stereocenters. The largest absolute Gasteiger partial charge is 0.339 e. The highest BCUT2D eigenvalue weighted by atomic mass is 35.5. The van der Waals surface area contributed by atoms with Crippen LogP contribution in [0.25, 0.3) is 0 Å². The lowest BCUT2D eigenvalue weighted by Gasteiger charge is -2.17. The van der Waals surface area contributed by atoms with Crippen LogP contribution in [0.15, 0.2) is 48.7 Å². The van der Waals surface area contributed by atoms with Gasteiger partial charge in [0.05, 0.1) is 6.20 Å². The van der Waals surface area contributed by atoms with Gasteiger partial charge in [-0.15, -0.1) is 5.10 Å². The molecule has 0 bridgehead atoms. The summed E-state index contributed by atoms with van der Waals surface area (Å²) in [6, 6.07) is 14.0. The van der Waals surface area contributed by atoms with Gasteiger partial charge >= 0.3 is 0 Å². The van der Waals surface area contributed by atoms with E-state index in [0.717, 1.165) is 29.9 Å². The molecule has 0 aliphatic carbocycles. The molecule has 6 heteroatoms. The fourth-order valence-corrected chi connectivity index (χ4v) is 3.15. The Balaban J connectivity index is 1.63. The van der Waals surface area contributed by atoms with Crippen LogP contribution in [0.4, 0.5) is 23.1 Å². The van der Waals surface area contributed by atoms with Crippen molar-refractivity contribution in [3.05, 3.63) is 64.8 Å². The number of aromatic nitrogens is 3. The van der Waals surface area contributed by atoms with E-state index in [1.54, 1.807) is 6.20 Å². The second-order valence-electron chi connectivity index (χ2n) is 5.76. The first-order chi connectivity index (χ1) is 11.7. The fourth-order valence-electron chi connectivity index (χ4n) is 2.92. The zero-order valence-corrected chi connectivity index (χ0v) is 14.0. The van der Waals surface area contributed by atoms with Crippen LogP contribution >= 0.6 is 11.6 Å². The van der Waals surface area contributed by atoms with E-state index in [-0.39, 0.29) is 0 Å². The molecule has 0 spiro atoms. The standard InChI is InChI=1S/C18H16ClN5/c1-12-10-14(19)6-7-15(12)21-17-11-20-23-18(22-17)24-9-8-13-4-2-3-5-16(13)24/h2-7,10-11H,8-9H2,1H3,(H,21,22,23). The molecule has 0 saturated heterocycles. The molecule has 120 valence electrons. The van der Waals surface area contributed by atoms with Crippen LogP contribution in [0.5, 0.6) is 0 Å². The molecular weight excluding hydrogens is 322 g/mol. The number of hydrogen-bond donors (Lipinski definition) is 1. The second-order valence-corrected chi connectivity index (χ2v) is 6.19. The van der Waals surface area contributed by atoms with E-state index in [1.165, 1.54) is 5.56 Å². The normalized spacial score (nSPS) is 13.0. The summed E-state index contributed by atoms with van der Waals surface area (Å²) in [6.45, 7) is 2.87. The van der Waals surface area contributed by atoms with E-state index in [2.05, 4.69) is 43.6 Å². The number of anilines is 4. The number of para-hydroxylation sites is 1. The van der Waals surface area contributed by atoms with Crippen molar-refractivity contribution in [3.63, 3.8) is 0 Å². The minimum atomic E-state index is 0.608. The Bertz CT molecular complexity index is 896. The van der Waals surface area contributed by atoms with Gasteiger partial charge in [-0.3, -0.25) is 0 Å². The first-order valence-electron chi connectivity index (χ1n) is 7.79. The summed E-state index contributed by atoms with van der Waals surface area (Å²) in [4.78, 5) is 6.72. The van der Waals surface area contributed by atoms with Gasteiger partial charge in [0.2, 0.25) is 0 Å². The van der Waals surface area contributed by atoms with Gasteiger partial charge in [-0.05, 0) is 48.7 Å². The van der Waals surface area contributed by atoms with E-state index in [0.29, 0.717) is 16.8 Å². The first kappa shape index (κ1) is 14.9. The lowest BCUT2D eigenvalue weighted by atomic mass is 10.2. The number of nitrogens with one attached hydrogen (secondary N) is 1. The molecule has 1 aliphatic rings. The van der Waals surface area contributed by atoms with Crippen molar-refractivity contribution in [1.29, 1.82) is 0 Å². The highest BCUT2D eigenvalue weighted by molar-refractivity contribution is 6.30. The van der Waals surface area contributed by atoms with Gasteiger partial charge in [-0.2, -0.15) is 10.1 Å². The summed E-state index contributed by atoms with van der Waals surface area (Å²) in [7, 11) is 0. The Hall–Kier alpha value is -2.66. The molecule has 5 nitrogen and oxygen atoms in total. The van der Waals surface area contributed by atoms with E-state index in [4.69, 9.17) is 11.6 Å². The smallest absolute Gasteiger partial charge is 0.251 e. The molecule has 0 saturated carbocycles. The number of rotatable bonds is 3. The average Bonchev–Trinajstić information content (AvgIpc) is 3.02. The van der Waals surface area contributed by atoms with Crippen molar-refractivity contribution < 1.29 is 0 Å². The van der Waals surface area contributed by atoms with Gasteiger partial charge in [-0.1, -0.05) is 29.8 Å². The molecule has 1 aliphatic heterocycles. The minimum absolute atomic E-state index is 0.608. The molecule has 1 N–H and O–H groups in total. The second kappa shape index (κ2) is 6.09. The molecule has 24 heavy (non-hydrogen) atoms. The zero-order valence-electron chi connectivity index (χ0n) is 13.2. The van der Waals surface area contributed by atoms with Gasteiger partial charge in [-0.25, -0.2) is 0 Å². The van der Waals surface area contributed by atoms with Crippen LogP contribution in [0.2, 0.25) is 5.02 Å². The highest BCUT2D eigenvalue weighted by Gasteiger charge is 2.22. The van der Waals surface area contributed by atoms with Gasteiger partial charge in [0.25, 0.3) is 5.95 Å². The summed E-state index contributed by atoms with van der Waals surface area (Å²) in [5.41, 5.74) is 4.47. The van der Waals surface area contributed by atoms with Crippen LogP contribution < -0.4 is 10.2 Å². The van der Waals surface area contributed by atoms with Crippen LogP contribution in [-0.4, -0.2) is 21.7 Å². The Kier molecular flexibility index (Phi) is 3.78. The molecule has 3 aromatic rings.